The highest BCUT2D eigenvalue weighted by atomic mass is 16.2. The highest BCUT2D eigenvalue weighted by molar-refractivity contribution is 5.83. The van der Waals surface area contributed by atoms with Crippen LogP contribution in [0.2, 0.25) is 0 Å². The van der Waals surface area contributed by atoms with Gasteiger partial charge in [0.1, 0.15) is 6.04 Å². The number of nitrogens with zero attached hydrogens (tertiary/aromatic N) is 1. The molecule has 0 unspecified atom stereocenters. The lowest BCUT2D eigenvalue weighted by atomic mass is 9.95. The Balaban J connectivity index is 1.96. The van der Waals surface area contributed by atoms with Gasteiger partial charge < -0.3 is 16.4 Å². The second-order valence-corrected chi connectivity index (χ2v) is 4.89. The fraction of sp³-hybridized carbons (Fsp3) is 0.429. The number of nitrogens with two attached hydrogens (primary N) is 2. The van der Waals surface area contributed by atoms with Gasteiger partial charge in [0.2, 0.25) is 11.8 Å². The molecule has 2 amide bonds. The lowest BCUT2D eigenvalue weighted by Crippen LogP contribution is -2.45. The Morgan fingerprint density at radius 2 is 1.74 bits per heavy atom. The summed E-state index contributed by atoms with van der Waals surface area (Å²) < 4.78 is 0. The molecule has 2 rings (SSSR count). The maximum atomic E-state index is 12.3. The summed E-state index contributed by atoms with van der Waals surface area (Å²) in [6, 6.07) is 8.67. The fourth-order valence-electron chi connectivity index (χ4n) is 2.38. The Morgan fingerprint density at radius 1 is 1.16 bits per heavy atom. The van der Waals surface area contributed by atoms with Crippen molar-refractivity contribution in [3.8, 4) is 0 Å². The van der Waals surface area contributed by atoms with Gasteiger partial charge in [-0.05, 0) is 18.4 Å². The molecule has 1 aromatic carbocycles. The molecule has 5 nitrogen and oxygen atoms in total. The van der Waals surface area contributed by atoms with E-state index in [0.717, 1.165) is 5.56 Å². The van der Waals surface area contributed by atoms with Crippen molar-refractivity contribution >= 4 is 11.8 Å². The van der Waals surface area contributed by atoms with E-state index < -0.39 is 6.04 Å². The van der Waals surface area contributed by atoms with E-state index in [9.17, 15) is 9.59 Å². The number of carbonyl (C=O) groups excluding carboxylic acids is 2. The first kappa shape index (κ1) is 13.5. The van der Waals surface area contributed by atoms with Crippen molar-refractivity contribution in [3.63, 3.8) is 0 Å². The minimum atomic E-state index is -0.633. The Labute approximate surface area is 112 Å². The summed E-state index contributed by atoms with van der Waals surface area (Å²) >= 11 is 0. The van der Waals surface area contributed by atoms with E-state index in [1.807, 2.05) is 30.3 Å². The fourth-order valence-corrected chi connectivity index (χ4v) is 2.38. The first-order valence-corrected chi connectivity index (χ1v) is 6.48. The van der Waals surface area contributed by atoms with Crippen molar-refractivity contribution in [1.29, 1.82) is 0 Å². The van der Waals surface area contributed by atoms with E-state index >= 15 is 0 Å². The lowest BCUT2D eigenvalue weighted by molar-refractivity contribution is -0.136. The molecule has 102 valence electrons. The molecular formula is C14H19N3O2. The average Bonchev–Trinajstić information content (AvgIpc) is 2.46. The van der Waals surface area contributed by atoms with Gasteiger partial charge >= 0.3 is 0 Å². The van der Waals surface area contributed by atoms with Gasteiger partial charge in [0.25, 0.3) is 0 Å². The highest BCUT2D eigenvalue weighted by Gasteiger charge is 2.28. The topological polar surface area (TPSA) is 89.4 Å². The molecule has 0 bridgehead atoms. The van der Waals surface area contributed by atoms with Gasteiger partial charge in [-0.25, -0.2) is 0 Å². The maximum absolute atomic E-state index is 12.3. The zero-order chi connectivity index (χ0) is 13.8. The third-order valence-electron chi connectivity index (χ3n) is 3.63. The van der Waals surface area contributed by atoms with Crippen LogP contribution in [0.5, 0.6) is 0 Å². The molecule has 1 heterocycles. The smallest absolute Gasteiger partial charge is 0.244 e. The normalized spacial score (nSPS) is 18.1. The van der Waals surface area contributed by atoms with Crippen molar-refractivity contribution in [2.45, 2.75) is 18.9 Å². The van der Waals surface area contributed by atoms with Crippen LogP contribution >= 0.6 is 0 Å². The van der Waals surface area contributed by atoms with Gasteiger partial charge in [-0.1, -0.05) is 30.3 Å². The van der Waals surface area contributed by atoms with Crippen molar-refractivity contribution in [2.75, 3.05) is 13.1 Å². The number of primary amides is 1. The van der Waals surface area contributed by atoms with E-state index in [2.05, 4.69) is 0 Å². The van der Waals surface area contributed by atoms with Gasteiger partial charge in [-0.2, -0.15) is 0 Å². The molecule has 0 aromatic heterocycles. The van der Waals surface area contributed by atoms with E-state index in [4.69, 9.17) is 11.5 Å². The second kappa shape index (κ2) is 5.84. The molecule has 1 aliphatic rings. The van der Waals surface area contributed by atoms with Gasteiger partial charge in [0.15, 0.2) is 0 Å². The molecule has 4 N–H and O–H groups in total. The SMILES string of the molecule is NC(=O)C1CCN(C(=O)[C@@H](N)c2ccccc2)CC1. The third kappa shape index (κ3) is 3.12. The summed E-state index contributed by atoms with van der Waals surface area (Å²) in [6.07, 6.45) is 1.26. The Kier molecular flexibility index (Phi) is 4.16. The molecule has 1 aromatic rings. The van der Waals surface area contributed by atoms with Crippen LogP contribution in [0.15, 0.2) is 30.3 Å². The molecule has 1 aliphatic heterocycles. The number of hydrogen-bond donors (Lipinski definition) is 2. The summed E-state index contributed by atoms with van der Waals surface area (Å²) in [5.74, 6) is -0.481. The highest BCUT2D eigenvalue weighted by Crippen LogP contribution is 2.20. The molecule has 1 fully saturated rings. The van der Waals surface area contributed by atoms with Crippen LogP contribution in [0.3, 0.4) is 0 Å². The van der Waals surface area contributed by atoms with Crippen LogP contribution in [0.4, 0.5) is 0 Å². The van der Waals surface area contributed by atoms with Crippen molar-refractivity contribution in [2.24, 2.45) is 17.4 Å². The minimum Gasteiger partial charge on any atom is -0.369 e. The van der Waals surface area contributed by atoms with Crippen molar-refractivity contribution in [3.05, 3.63) is 35.9 Å². The standard InChI is InChI=1S/C14H19N3O2/c15-12(10-4-2-1-3-5-10)14(19)17-8-6-11(7-9-17)13(16)18/h1-5,11-12H,6-9,15H2,(H2,16,18)/t12-/m0/s1. The van der Waals surface area contributed by atoms with E-state index in [0.29, 0.717) is 25.9 Å². The van der Waals surface area contributed by atoms with E-state index in [-0.39, 0.29) is 17.7 Å². The first-order valence-electron chi connectivity index (χ1n) is 6.48. The van der Waals surface area contributed by atoms with Crippen molar-refractivity contribution < 1.29 is 9.59 Å². The second-order valence-electron chi connectivity index (χ2n) is 4.89. The van der Waals surface area contributed by atoms with Crippen LogP contribution < -0.4 is 11.5 Å². The number of piperidine rings is 1. The number of rotatable bonds is 3. The predicted octanol–water partition coefficient (Wildman–Crippen LogP) is 0.410. The zero-order valence-electron chi connectivity index (χ0n) is 10.8. The van der Waals surface area contributed by atoms with Crippen LogP contribution in [0.1, 0.15) is 24.4 Å². The third-order valence-corrected chi connectivity index (χ3v) is 3.63. The average molecular weight is 261 g/mol. The zero-order valence-corrected chi connectivity index (χ0v) is 10.8. The first-order chi connectivity index (χ1) is 9.09. The number of likely N-dealkylation sites (tertiary alicyclic amines) is 1. The van der Waals surface area contributed by atoms with Gasteiger partial charge in [0, 0.05) is 19.0 Å². The monoisotopic (exact) mass is 261 g/mol. The Morgan fingerprint density at radius 3 is 2.26 bits per heavy atom. The number of hydrogen-bond acceptors (Lipinski definition) is 3. The number of carbonyl (C=O) groups is 2. The number of amides is 2. The lowest BCUT2D eigenvalue weighted by Gasteiger charge is -2.32. The van der Waals surface area contributed by atoms with Crippen molar-refractivity contribution in [1.82, 2.24) is 4.90 Å². The van der Waals surface area contributed by atoms with Crippen LogP contribution in [-0.4, -0.2) is 29.8 Å². The Bertz CT molecular complexity index is 453. The summed E-state index contributed by atoms with van der Waals surface area (Å²) in [5.41, 5.74) is 12.1. The summed E-state index contributed by atoms with van der Waals surface area (Å²) in [5, 5.41) is 0. The molecule has 0 saturated carbocycles. The molecule has 0 radical (unpaired) electrons. The predicted molar refractivity (Wildman–Crippen MR) is 71.9 cm³/mol. The van der Waals surface area contributed by atoms with Crippen LogP contribution in [0.25, 0.3) is 0 Å². The van der Waals surface area contributed by atoms with Crippen LogP contribution in [0, 0.1) is 5.92 Å². The molecule has 1 saturated heterocycles. The molecule has 0 spiro atoms. The molecule has 1 atom stereocenters. The molecular weight excluding hydrogens is 242 g/mol. The van der Waals surface area contributed by atoms with Gasteiger partial charge in [-0.15, -0.1) is 0 Å². The van der Waals surface area contributed by atoms with Gasteiger partial charge in [0.05, 0.1) is 0 Å². The molecule has 0 aliphatic carbocycles. The Hall–Kier alpha value is -1.88. The van der Waals surface area contributed by atoms with E-state index in [1.54, 1.807) is 4.90 Å². The van der Waals surface area contributed by atoms with Crippen LogP contribution in [-0.2, 0) is 9.59 Å². The minimum absolute atomic E-state index is 0.0888. The summed E-state index contributed by atoms with van der Waals surface area (Å²) in [6.45, 7) is 1.10. The molecule has 19 heavy (non-hydrogen) atoms. The largest absolute Gasteiger partial charge is 0.369 e. The number of benzene rings is 1. The van der Waals surface area contributed by atoms with Gasteiger partial charge in [-0.3, -0.25) is 9.59 Å². The quantitative estimate of drug-likeness (QED) is 0.825. The summed E-state index contributed by atoms with van der Waals surface area (Å²) in [7, 11) is 0. The van der Waals surface area contributed by atoms with E-state index in [1.165, 1.54) is 0 Å². The molecule has 5 heteroatoms. The summed E-state index contributed by atoms with van der Waals surface area (Å²) in [4.78, 5) is 25.1. The maximum Gasteiger partial charge on any atom is 0.244 e.